The predicted molar refractivity (Wildman–Crippen MR) is 136 cm³/mol. The molecular weight excluding hydrogens is 573 g/mol. The third-order valence-electron chi connectivity index (χ3n) is 4.82. The van der Waals surface area contributed by atoms with Gasteiger partial charge in [0.2, 0.25) is 0 Å². The van der Waals surface area contributed by atoms with Crippen LogP contribution in [0.4, 0.5) is 4.39 Å². The Balaban J connectivity index is 1.71. The van der Waals surface area contributed by atoms with Gasteiger partial charge in [0.15, 0.2) is 11.5 Å². The number of nitrogens with zero attached hydrogens (tertiary/aromatic N) is 2. The number of halogens is 3. The molecule has 1 heterocycles. The second-order valence-corrected chi connectivity index (χ2v) is 8.70. The lowest BCUT2D eigenvalue weighted by Crippen LogP contribution is -2.32. The summed E-state index contributed by atoms with van der Waals surface area (Å²) in [5, 5.41) is 4.45. The van der Waals surface area contributed by atoms with E-state index in [0.29, 0.717) is 49.1 Å². The maximum atomic E-state index is 13.5. The Labute approximate surface area is 210 Å². The predicted octanol–water partition coefficient (Wildman–Crippen LogP) is 5.21. The van der Waals surface area contributed by atoms with Crippen LogP contribution in [0.25, 0.3) is 10.9 Å². The van der Waals surface area contributed by atoms with Crippen molar-refractivity contribution in [2.24, 2.45) is 5.10 Å². The minimum atomic E-state index is -0.657. The number of para-hydroxylation sites is 1. The molecule has 34 heavy (non-hydrogen) atoms. The molecule has 4 aromatic rings. The summed E-state index contributed by atoms with van der Waals surface area (Å²) in [6.45, 7) is 2.32. The maximum absolute atomic E-state index is 13.5. The molecule has 174 valence electrons. The monoisotopic (exact) mass is 589 g/mol. The third kappa shape index (κ3) is 4.97. The average molecular weight is 591 g/mol. The lowest BCUT2D eigenvalue weighted by Gasteiger charge is -2.16. The van der Waals surface area contributed by atoms with Gasteiger partial charge in [0.05, 0.1) is 28.2 Å². The Morgan fingerprint density at radius 3 is 2.62 bits per heavy atom. The molecule has 0 radical (unpaired) electrons. The van der Waals surface area contributed by atoms with Crippen LogP contribution in [0.3, 0.4) is 0 Å². The number of rotatable bonds is 7. The zero-order chi connectivity index (χ0) is 24.2. The highest BCUT2D eigenvalue weighted by Gasteiger charge is 2.17. The summed E-state index contributed by atoms with van der Waals surface area (Å²) in [5.74, 6) is 0.475. The zero-order valence-electron chi connectivity index (χ0n) is 17.8. The van der Waals surface area contributed by atoms with Gasteiger partial charge in [0.25, 0.3) is 5.56 Å². The van der Waals surface area contributed by atoms with Gasteiger partial charge in [0, 0.05) is 10.0 Å². The zero-order valence-corrected chi connectivity index (χ0v) is 21.0. The van der Waals surface area contributed by atoms with Crippen LogP contribution < -0.4 is 20.7 Å². The van der Waals surface area contributed by atoms with E-state index in [1.165, 1.54) is 18.3 Å². The van der Waals surface area contributed by atoms with E-state index in [0.717, 1.165) is 4.68 Å². The quantitative estimate of drug-likeness (QED) is 0.299. The number of hydrogen-bond donors (Lipinski definition) is 1. The van der Waals surface area contributed by atoms with Crippen molar-refractivity contribution in [2.75, 3.05) is 6.61 Å². The first-order chi connectivity index (χ1) is 16.4. The second-order valence-electron chi connectivity index (χ2n) is 7.11. The Bertz CT molecular complexity index is 1510. The Morgan fingerprint density at radius 1 is 1.06 bits per heavy atom. The largest absolute Gasteiger partial charge is 0.490 e. The molecule has 3 aromatic carbocycles. The van der Waals surface area contributed by atoms with Crippen molar-refractivity contribution >= 4 is 49.0 Å². The first-order valence-electron chi connectivity index (χ1n) is 10.2. The molecule has 0 fully saturated rings. The summed E-state index contributed by atoms with van der Waals surface area (Å²) in [6.07, 6.45) is 1.37. The molecule has 0 aliphatic carbocycles. The molecule has 0 atom stereocenters. The number of H-pyrrole nitrogens is 1. The summed E-state index contributed by atoms with van der Waals surface area (Å²) in [6, 6.07) is 14.5. The van der Waals surface area contributed by atoms with E-state index in [9.17, 15) is 14.0 Å². The molecule has 0 spiro atoms. The minimum absolute atomic E-state index is 0.123. The van der Waals surface area contributed by atoms with Gasteiger partial charge >= 0.3 is 5.69 Å². The summed E-state index contributed by atoms with van der Waals surface area (Å²) >= 11 is 7.00. The Kier molecular flexibility index (Phi) is 7.28. The van der Waals surface area contributed by atoms with E-state index in [2.05, 4.69) is 41.9 Å². The standard InChI is InChI=1S/C24H18Br2FN3O4/c1-2-33-19-11-15(12-28-30-23(31)17-8-3-4-9-18(17)29-24(30)32)20(25)21(26)22(19)34-13-14-6-5-7-16(27)10-14/h3-12H,2,13H2,1H3,(H,29,32). The summed E-state index contributed by atoms with van der Waals surface area (Å²) in [5.41, 5.74) is 0.436. The fourth-order valence-electron chi connectivity index (χ4n) is 3.26. The summed E-state index contributed by atoms with van der Waals surface area (Å²) < 4.78 is 27.0. The first-order valence-corrected chi connectivity index (χ1v) is 11.8. The number of ether oxygens (including phenoxy) is 2. The SMILES string of the molecule is CCOc1cc(C=Nn2c(=O)[nH]c3ccccc3c2=O)c(Br)c(Br)c1OCc1cccc(F)c1. The Hall–Kier alpha value is -3.24. The van der Waals surface area contributed by atoms with Crippen LogP contribution in [-0.4, -0.2) is 22.5 Å². The van der Waals surface area contributed by atoms with Crippen LogP contribution in [0.2, 0.25) is 0 Å². The van der Waals surface area contributed by atoms with Crippen LogP contribution in [0, 0.1) is 5.82 Å². The molecule has 0 aliphatic rings. The normalized spacial score (nSPS) is 11.3. The van der Waals surface area contributed by atoms with Crippen LogP contribution >= 0.6 is 31.9 Å². The molecule has 10 heteroatoms. The van der Waals surface area contributed by atoms with Crippen molar-refractivity contribution < 1.29 is 13.9 Å². The summed E-state index contributed by atoms with van der Waals surface area (Å²) in [7, 11) is 0. The topological polar surface area (TPSA) is 85.7 Å². The molecule has 4 rings (SSSR count). The van der Waals surface area contributed by atoms with Crippen molar-refractivity contribution in [2.45, 2.75) is 13.5 Å². The molecule has 0 bridgehead atoms. The van der Waals surface area contributed by atoms with Crippen LogP contribution in [-0.2, 0) is 6.61 Å². The van der Waals surface area contributed by atoms with Gasteiger partial charge in [-0.25, -0.2) is 9.18 Å². The highest BCUT2D eigenvalue weighted by Crippen LogP contribution is 2.42. The van der Waals surface area contributed by atoms with Crippen LogP contribution in [0.1, 0.15) is 18.1 Å². The fraction of sp³-hybridized carbons (Fsp3) is 0.125. The van der Waals surface area contributed by atoms with E-state index < -0.39 is 11.2 Å². The maximum Gasteiger partial charge on any atom is 0.349 e. The second kappa shape index (κ2) is 10.4. The number of hydrogen-bond acceptors (Lipinski definition) is 5. The number of nitrogens with one attached hydrogen (secondary N) is 1. The van der Waals surface area contributed by atoms with Gasteiger partial charge in [-0.1, -0.05) is 24.3 Å². The Morgan fingerprint density at radius 2 is 1.85 bits per heavy atom. The number of fused-ring (bicyclic) bond motifs is 1. The van der Waals surface area contributed by atoms with Crippen molar-refractivity contribution in [3.05, 3.63) is 101 Å². The molecule has 7 nitrogen and oxygen atoms in total. The minimum Gasteiger partial charge on any atom is -0.490 e. The number of aromatic nitrogens is 2. The lowest BCUT2D eigenvalue weighted by atomic mass is 10.2. The smallest absolute Gasteiger partial charge is 0.349 e. The fourth-order valence-corrected chi connectivity index (χ4v) is 4.19. The number of benzene rings is 3. The third-order valence-corrected chi connectivity index (χ3v) is 6.97. The van der Waals surface area contributed by atoms with E-state index in [1.54, 1.807) is 42.5 Å². The molecule has 0 aliphatic heterocycles. The molecule has 0 amide bonds. The molecule has 0 saturated heterocycles. The highest BCUT2D eigenvalue weighted by molar-refractivity contribution is 9.13. The van der Waals surface area contributed by atoms with Crippen molar-refractivity contribution in [1.29, 1.82) is 0 Å². The molecule has 1 N–H and O–H groups in total. The highest BCUT2D eigenvalue weighted by atomic mass is 79.9. The van der Waals surface area contributed by atoms with Crippen molar-refractivity contribution in [3.63, 3.8) is 0 Å². The summed E-state index contributed by atoms with van der Waals surface area (Å²) in [4.78, 5) is 27.8. The van der Waals surface area contributed by atoms with Gasteiger partial charge in [-0.3, -0.25) is 4.79 Å². The molecule has 0 saturated carbocycles. The molecule has 0 unspecified atom stereocenters. The van der Waals surface area contributed by atoms with Crippen LogP contribution in [0.5, 0.6) is 11.5 Å². The lowest BCUT2D eigenvalue weighted by molar-refractivity contribution is 0.267. The molecular formula is C24H18Br2FN3O4. The van der Waals surface area contributed by atoms with Gasteiger partial charge in [-0.2, -0.15) is 5.10 Å². The average Bonchev–Trinajstić information content (AvgIpc) is 2.82. The van der Waals surface area contributed by atoms with Crippen molar-refractivity contribution in [3.8, 4) is 11.5 Å². The first kappa shape index (κ1) is 23.9. The van der Waals surface area contributed by atoms with Gasteiger partial charge < -0.3 is 14.5 Å². The van der Waals surface area contributed by atoms with Gasteiger partial charge in [0.1, 0.15) is 12.4 Å². The van der Waals surface area contributed by atoms with E-state index in [-0.39, 0.29) is 12.4 Å². The van der Waals surface area contributed by atoms with Crippen LogP contribution in [0.15, 0.2) is 78.2 Å². The van der Waals surface area contributed by atoms with Gasteiger partial charge in [-0.05, 0) is 74.7 Å². The van der Waals surface area contributed by atoms with Crippen molar-refractivity contribution in [1.82, 2.24) is 9.66 Å². The van der Waals surface area contributed by atoms with Gasteiger partial charge in [-0.15, -0.1) is 4.68 Å². The van der Waals surface area contributed by atoms with E-state index in [1.807, 2.05) is 6.92 Å². The number of aromatic amines is 1. The van der Waals surface area contributed by atoms with E-state index >= 15 is 0 Å². The molecule has 1 aromatic heterocycles. The van der Waals surface area contributed by atoms with E-state index in [4.69, 9.17) is 9.47 Å².